The van der Waals surface area contributed by atoms with E-state index in [0.717, 1.165) is 19.0 Å². The number of aliphatic imine (C=N–C) groups is 1. The van der Waals surface area contributed by atoms with Gasteiger partial charge in [-0.15, -0.1) is 24.0 Å². The number of aromatic nitrogens is 2. The molecule has 1 amide bonds. The highest BCUT2D eigenvalue weighted by atomic mass is 127. The Morgan fingerprint density at radius 3 is 2.43 bits per heavy atom. The lowest BCUT2D eigenvalue weighted by atomic mass is 9.96. The van der Waals surface area contributed by atoms with Crippen molar-refractivity contribution >= 4 is 35.8 Å². The molecule has 2 aromatic rings. The molecule has 0 atom stereocenters. The standard InChI is InChI=1S/C22H32N6O.HI/c1-17(2)28-20(29)14-27(15-22(28,3)4)21(23-5)25-12-18-6-8-19(9-7-18)13-26-11-10-24-16-26;/h6-11,16-17H,12-15H2,1-5H3,(H,23,25);1H. The van der Waals surface area contributed by atoms with Gasteiger partial charge in [-0.3, -0.25) is 9.79 Å². The molecule has 0 bridgehead atoms. The lowest BCUT2D eigenvalue weighted by Gasteiger charge is -2.49. The van der Waals surface area contributed by atoms with Gasteiger partial charge < -0.3 is 19.7 Å². The van der Waals surface area contributed by atoms with E-state index in [2.05, 4.69) is 72.2 Å². The number of rotatable bonds is 5. The molecule has 1 aliphatic heterocycles. The Bertz CT molecular complexity index is 845. The van der Waals surface area contributed by atoms with Gasteiger partial charge >= 0.3 is 0 Å². The summed E-state index contributed by atoms with van der Waals surface area (Å²) in [5.41, 5.74) is 2.16. The van der Waals surface area contributed by atoms with Gasteiger partial charge in [-0.25, -0.2) is 4.98 Å². The van der Waals surface area contributed by atoms with Crippen molar-refractivity contribution in [1.29, 1.82) is 0 Å². The number of piperazine rings is 1. The summed E-state index contributed by atoms with van der Waals surface area (Å²) < 4.78 is 2.05. The number of carbonyl (C=O) groups excluding carboxylic acids is 1. The van der Waals surface area contributed by atoms with Crippen LogP contribution in [0.5, 0.6) is 0 Å². The SMILES string of the molecule is CN=C(NCc1ccc(Cn2ccnc2)cc1)N1CC(=O)N(C(C)C)C(C)(C)C1.I. The maximum Gasteiger partial charge on any atom is 0.242 e. The van der Waals surface area contributed by atoms with E-state index in [9.17, 15) is 4.79 Å². The number of nitrogens with one attached hydrogen (secondary N) is 1. The third kappa shape index (κ3) is 5.74. The molecule has 2 heterocycles. The van der Waals surface area contributed by atoms with Crippen molar-refractivity contribution in [2.24, 2.45) is 4.99 Å². The van der Waals surface area contributed by atoms with Gasteiger partial charge in [-0.2, -0.15) is 0 Å². The van der Waals surface area contributed by atoms with Gasteiger partial charge in [-0.1, -0.05) is 24.3 Å². The average Bonchev–Trinajstić information content (AvgIpc) is 3.15. The van der Waals surface area contributed by atoms with E-state index in [4.69, 9.17) is 0 Å². The highest BCUT2D eigenvalue weighted by Crippen LogP contribution is 2.24. The topological polar surface area (TPSA) is 65.8 Å². The minimum absolute atomic E-state index is 0. The molecule has 0 saturated carbocycles. The molecule has 1 fully saturated rings. The largest absolute Gasteiger partial charge is 0.352 e. The molecule has 0 radical (unpaired) electrons. The molecule has 1 aromatic carbocycles. The van der Waals surface area contributed by atoms with E-state index < -0.39 is 0 Å². The fourth-order valence-corrected chi connectivity index (χ4v) is 4.18. The van der Waals surface area contributed by atoms with Gasteiger partial charge in [0, 0.05) is 45.1 Å². The molecule has 0 aliphatic carbocycles. The number of carbonyl (C=O) groups is 1. The van der Waals surface area contributed by atoms with Crippen molar-refractivity contribution in [2.45, 2.75) is 52.4 Å². The second-order valence-corrected chi connectivity index (χ2v) is 8.48. The third-order valence-electron chi connectivity index (χ3n) is 5.25. The first kappa shape index (κ1) is 24.2. The van der Waals surface area contributed by atoms with Crippen LogP contribution in [-0.4, -0.2) is 62.9 Å². The molecule has 164 valence electrons. The molecular formula is C22H33IN6O. The van der Waals surface area contributed by atoms with E-state index in [0.29, 0.717) is 13.1 Å². The maximum absolute atomic E-state index is 12.7. The van der Waals surface area contributed by atoms with E-state index in [1.54, 1.807) is 13.2 Å². The molecule has 3 rings (SSSR count). The highest BCUT2D eigenvalue weighted by molar-refractivity contribution is 14.0. The van der Waals surface area contributed by atoms with E-state index >= 15 is 0 Å². The zero-order chi connectivity index (χ0) is 21.0. The van der Waals surface area contributed by atoms with Gasteiger partial charge in [0.05, 0.1) is 18.4 Å². The summed E-state index contributed by atoms with van der Waals surface area (Å²) in [6, 6.07) is 8.70. The van der Waals surface area contributed by atoms with Crippen molar-refractivity contribution in [1.82, 2.24) is 24.7 Å². The Kier molecular flexibility index (Phi) is 8.28. The summed E-state index contributed by atoms with van der Waals surface area (Å²) in [5.74, 6) is 0.903. The number of hydrogen-bond acceptors (Lipinski definition) is 3. The minimum Gasteiger partial charge on any atom is -0.352 e. The van der Waals surface area contributed by atoms with Crippen LogP contribution in [0.1, 0.15) is 38.8 Å². The number of hydrogen-bond donors (Lipinski definition) is 1. The maximum atomic E-state index is 12.7. The number of halogens is 1. The van der Waals surface area contributed by atoms with Crippen LogP contribution in [0.25, 0.3) is 0 Å². The van der Waals surface area contributed by atoms with Crippen LogP contribution >= 0.6 is 24.0 Å². The molecule has 0 unspecified atom stereocenters. The molecule has 1 N–H and O–H groups in total. The van der Waals surface area contributed by atoms with Crippen LogP contribution in [0, 0.1) is 0 Å². The number of guanidine groups is 1. The Labute approximate surface area is 196 Å². The molecule has 30 heavy (non-hydrogen) atoms. The molecular weight excluding hydrogens is 491 g/mol. The minimum atomic E-state index is -0.240. The van der Waals surface area contributed by atoms with Crippen LogP contribution < -0.4 is 5.32 Å². The number of nitrogens with zero attached hydrogens (tertiary/aromatic N) is 5. The summed E-state index contributed by atoms with van der Waals surface area (Å²) in [6.07, 6.45) is 5.57. The molecule has 7 nitrogen and oxygen atoms in total. The normalized spacial score (nSPS) is 16.6. The first-order chi connectivity index (χ1) is 13.8. The van der Waals surface area contributed by atoms with Crippen molar-refractivity contribution in [3.05, 3.63) is 54.1 Å². The van der Waals surface area contributed by atoms with Gasteiger partial charge in [0.2, 0.25) is 5.91 Å². The lowest BCUT2D eigenvalue weighted by Crippen LogP contribution is -2.66. The first-order valence-electron chi connectivity index (χ1n) is 10.1. The summed E-state index contributed by atoms with van der Waals surface area (Å²) in [5, 5.41) is 3.41. The molecule has 1 aliphatic rings. The highest BCUT2D eigenvalue weighted by Gasteiger charge is 2.40. The second kappa shape index (κ2) is 10.3. The van der Waals surface area contributed by atoms with E-state index in [-0.39, 0.29) is 41.5 Å². The van der Waals surface area contributed by atoms with Gasteiger partial charge in [0.25, 0.3) is 0 Å². The zero-order valence-electron chi connectivity index (χ0n) is 18.5. The third-order valence-corrected chi connectivity index (χ3v) is 5.25. The lowest BCUT2D eigenvalue weighted by molar-refractivity contribution is -0.145. The predicted molar refractivity (Wildman–Crippen MR) is 131 cm³/mol. The van der Waals surface area contributed by atoms with Crippen LogP contribution in [0.2, 0.25) is 0 Å². The summed E-state index contributed by atoms with van der Waals surface area (Å²) in [7, 11) is 1.77. The number of amides is 1. The zero-order valence-corrected chi connectivity index (χ0v) is 20.8. The first-order valence-corrected chi connectivity index (χ1v) is 10.1. The summed E-state index contributed by atoms with van der Waals surface area (Å²) in [6.45, 7) is 10.9. The van der Waals surface area contributed by atoms with Crippen LogP contribution in [0.15, 0.2) is 48.0 Å². The van der Waals surface area contributed by atoms with Crippen LogP contribution in [-0.2, 0) is 17.9 Å². The molecule has 8 heteroatoms. The summed E-state index contributed by atoms with van der Waals surface area (Å²) in [4.78, 5) is 25.2. The molecule has 1 saturated heterocycles. The number of imidazole rings is 1. The van der Waals surface area contributed by atoms with Crippen molar-refractivity contribution < 1.29 is 4.79 Å². The monoisotopic (exact) mass is 524 g/mol. The second-order valence-electron chi connectivity index (χ2n) is 8.48. The quantitative estimate of drug-likeness (QED) is 0.371. The van der Waals surface area contributed by atoms with Crippen LogP contribution in [0.3, 0.4) is 0 Å². The molecule has 0 spiro atoms. The fraction of sp³-hybridized carbons (Fsp3) is 0.500. The molecule has 1 aromatic heterocycles. The van der Waals surface area contributed by atoms with E-state index in [1.165, 1.54) is 11.1 Å². The smallest absolute Gasteiger partial charge is 0.242 e. The summed E-state index contributed by atoms with van der Waals surface area (Å²) >= 11 is 0. The van der Waals surface area contributed by atoms with Crippen molar-refractivity contribution in [2.75, 3.05) is 20.1 Å². The van der Waals surface area contributed by atoms with Gasteiger partial charge in [0.15, 0.2) is 5.96 Å². The number of benzene rings is 1. The average molecular weight is 524 g/mol. The van der Waals surface area contributed by atoms with Gasteiger partial charge in [-0.05, 0) is 38.8 Å². The predicted octanol–water partition coefficient (Wildman–Crippen LogP) is 2.96. The Balaban J connectivity index is 0.00000320. The van der Waals surface area contributed by atoms with E-state index in [1.807, 2.05) is 22.0 Å². The fourth-order valence-electron chi connectivity index (χ4n) is 4.18. The van der Waals surface area contributed by atoms with Crippen molar-refractivity contribution in [3.63, 3.8) is 0 Å². The van der Waals surface area contributed by atoms with Gasteiger partial charge in [0.1, 0.15) is 0 Å². The Morgan fingerprint density at radius 2 is 1.90 bits per heavy atom. The van der Waals surface area contributed by atoms with Crippen LogP contribution in [0.4, 0.5) is 0 Å². The van der Waals surface area contributed by atoms with Crippen molar-refractivity contribution in [3.8, 4) is 0 Å². The Hall–Kier alpha value is -2.10. The Morgan fingerprint density at radius 1 is 1.23 bits per heavy atom.